The van der Waals surface area contributed by atoms with Gasteiger partial charge < -0.3 is 9.09 Å². The van der Waals surface area contributed by atoms with Crippen LogP contribution in [0.1, 0.15) is 22.8 Å². The molecule has 0 fully saturated rings. The first-order valence-corrected chi connectivity index (χ1v) is 9.47. The largest absolute Gasteiger partial charge is 0.361 e. The second-order valence-corrected chi connectivity index (χ2v) is 7.43. The van der Waals surface area contributed by atoms with Gasteiger partial charge in [-0.2, -0.15) is 0 Å². The second kappa shape index (κ2) is 6.72. The fraction of sp³-hybridized carbons (Fsp3) is 0.238. The van der Waals surface area contributed by atoms with Crippen LogP contribution in [0.5, 0.6) is 0 Å². The van der Waals surface area contributed by atoms with Crippen LogP contribution >= 0.6 is 15.9 Å². The van der Waals surface area contributed by atoms with Crippen molar-refractivity contribution in [1.29, 1.82) is 0 Å². The summed E-state index contributed by atoms with van der Waals surface area (Å²) in [6, 6.07) is 14.8. The number of hydrogen-bond acceptors (Lipinski definition) is 3. The molecular weight excluding hydrogens is 390 g/mol. The Morgan fingerprint density at radius 1 is 1.08 bits per heavy atom. The number of aryl methyl sites for hydroxylation is 5. The molecule has 0 saturated carbocycles. The summed E-state index contributed by atoms with van der Waals surface area (Å²) in [6.45, 7) is 6.88. The third kappa shape index (κ3) is 2.97. The lowest BCUT2D eigenvalue weighted by Crippen LogP contribution is -2.03. The number of nitrogens with zero attached hydrogens (tertiary/aromatic N) is 3. The molecule has 132 valence electrons. The van der Waals surface area contributed by atoms with Crippen molar-refractivity contribution in [3.8, 4) is 11.1 Å². The van der Waals surface area contributed by atoms with Crippen LogP contribution in [0, 0.1) is 20.8 Å². The van der Waals surface area contributed by atoms with E-state index in [0.717, 1.165) is 56.9 Å². The quantitative estimate of drug-likeness (QED) is 0.439. The minimum absolute atomic E-state index is 0.834. The van der Waals surface area contributed by atoms with Crippen molar-refractivity contribution in [3.05, 3.63) is 69.8 Å². The molecule has 0 saturated heterocycles. The van der Waals surface area contributed by atoms with Crippen molar-refractivity contribution < 1.29 is 4.52 Å². The zero-order valence-corrected chi connectivity index (χ0v) is 16.7. The molecule has 2 aromatic heterocycles. The number of rotatable bonds is 4. The maximum atomic E-state index is 5.35. The van der Waals surface area contributed by atoms with Crippen LogP contribution in [0.3, 0.4) is 0 Å². The number of hydrogen-bond donors (Lipinski definition) is 0. The van der Waals surface area contributed by atoms with Crippen molar-refractivity contribution in [1.82, 2.24) is 14.7 Å². The van der Waals surface area contributed by atoms with Crippen molar-refractivity contribution in [2.45, 2.75) is 33.7 Å². The van der Waals surface area contributed by atoms with Crippen molar-refractivity contribution in [2.24, 2.45) is 0 Å². The number of benzene rings is 2. The van der Waals surface area contributed by atoms with Gasteiger partial charge >= 0.3 is 0 Å². The lowest BCUT2D eigenvalue weighted by atomic mass is 10.0. The maximum absolute atomic E-state index is 5.35. The van der Waals surface area contributed by atoms with Gasteiger partial charge in [0.25, 0.3) is 0 Å². The molecule has 0 atom stereocenters. The van der Waals surface area contributed by atoms with Crippen LogP contribution < -0.4 is 0 Å². The zero-order valence-electron chi connectivity index (χ0n) is 15.1. The normalized spacial score (nSPS) is 11.4. The Kier molecular flexibility index (Phi) is 4.41. The summed E-state index contributed by atoms with van der Waals surface area (Å²) in [4.78, 5) is 4.77. The third-order valence-electron chi connectivity index (χ3n) is 4.79. The van der Waals surface area contributed by atoms with E-state index in [9.17, 15) is 0 Å². The van der Waals surface area contributed by atoms with Crippen LogP contribution in [0.25, 0.3) is 22.2 Å². The molecule has 0 aliphatic rings. The summed E-state index contributed by atoms with van der Waals surface area (Å²) in [5.74, 6) is 1.85. The van der Waals surface area contributed by atoms with E-state index >= 15 is 0 Å². The number of halogens is 1. The fourth-order valence-corrected chi connectivity index (χ4v) is 4.04. The summed E-state index contributed by atoms with van der Waals surface area (Å²) in [5, 5.41) is 4.09. The van der Waals surface area contributed by atoms with E-state index in [2.05, 4.69) is 69.0 Å². The van der Waals surface area contributed by atoms with E-state index in [0.29, 0.717) is 0 Å². The Balaban J connectivity index is 1.79. The minimum Gasteiger partial charge on any atom is -0.361 e. The van der Waals surface area contributed by atoms with Gasteiger partial charge in [-0.15, -0.1) is 0 Å². The van der Waals surface area contributed by atoms with Crippen LogP contribution in [-0.2, 0) is 13.0 Å². The molecule has 5 heteroatoms. The molecular formula is C21H20BrN3O. The number of imidazole rings is 1. The van der Waals surface area contributed by atoms with Gasteiger partial charge in [-0.1, -0.05) is 35.5 Å². The monoisotopic (exact) mass is 409 g/mol. The highest BCUT2D eigenvalue weighted by Gasteiger charge is 2.17. The van der Waals surface area contributed by atoms with Crippen LogP contribution in [0.15, 0.2) is 51.5 Å². The Hall–Kier alpha value is -2.40. The van der Waals surface area contributed by atoms with Crippen LogP contribution in [0.2, 0.25) is 0 Å². The molecule has 4 rings (SSSR count). The molecule has 0 bridgehead atoms. The van der Waals surface area contributed by atoms with Crippen molar-refractivity contribution in [2.75, 3.05) is 0 Å². The Morgan fingerprint density at radius 3 is 2.54 bits per heavy atom. The van der Waals surface area contributed by atoms with Gasteiger partial charge in [0.1, 0.15) is 17.1 Å². The molecule has 4 aromatic rings. The van der Waals surface area contributed by atoms with Crippen LogP contribution in [-0.4, -0.2) is 14.7 Å². The highest BCUT2D eigenvalue weighted by Crippen LogP contribution is 2.34. The van der Waals surface area contributed by atoms with Crippen molar-refractivity contribution >= 4 is 27.0 Å². The topological polar surface area (TPSA) is 43.9 Å². The molecule has 2 aromatic carbocycles. The van der Waals surface area contributed by atoms with Gasteiger partial charge in [0.15, 0.2) is 0 Å². The summed E-state index contributed by atoms with van der Waals surface area (Å²) in [7, 11) is 0. The Labute approximate surface area is 161 Å². The first-order valence-electron chi connectivity index (χ1n) is 8.68. The van der Waals surface area contributed by atoms with Gasteiger partial charge in [-0.25, -0.2) is 4.98 Å². The van der Waals surface area contributed by atoms with Gasteiger partial charge in [-0.3, -0.25) is 0 Å². The fourth-order valence-electron chi connectivity index (χ4n) is 3.50. The SMILES string of the molecule is Cc1noc(C)c1-c1cc(Br)c2nc(C)n(CCc3ccccc3)c2c1. The molecule has 4 nitrogen and oxygen atoms in total. The summed E-state index contributed by atoms with van der Waals surface area (Å²) < 4.78 is 8.63. The molecule has 0 spiro atoms. The lowest BCUT2D eigenvalue weighted by Gasteiger charge is -2.09. The van der Waals surface area contributed by atoms with E-state index in [1.165, 1.54) is 5.56 Å². The van der Waals surface area contributed by atoms with E-state index in [1.807, 2.05) is 19.9 Å². The van der Waals surface area contributed by atoms with Gasteiger partial charge in [0, 0.05) is 16.6 Å². The molecule has 0 N–H and O–H groups in total. The molecule has 0 amide bonds. The molecule has 0 unspecified atom stereocenters. The Bertz CT molecular complexity index is 1060. The zero-order chi connectivity index (χ0) is 18.3. The van der Waals surface area contributed by atoms with Gasteiger partial charge in [-0.05, 0) is 66.4 Å². The average Bonchev–Trinajstić information content (AvgIpc) is 3.13. The highest BCUT2D eigenvalue weighted by atomic mass is 79.9. The van der Waals surface area contributed by atoms with Crippen LogP contribution in [0.4, 0.5) is 0 Å². The van der Waals surface area contributed by atoms with Crippen molar-refractivity contribution in [3.63, 3.8) is 0 Å². The lowest BCUT2D eigenvalue weighted by molar-refractivity contribution is 0.393. The third-order valence-corrected chi connectivity index (χ3v) is 5.39. The Morgan fingerprint density at radius 2 is 1.85 bits per heavy atom. The molecule has 26 heavy (non-hydrogen) atoms. The molecule has 0 aliphatic heterocycles. The van der Waals surface area contributed by atoms with E-state index < -0.39 is 0 Å². The predicted molar refractivity (Wildman–Crippen MR) is 107 cm³/mol. The number of aromatic nitrogens is 3. The van der Waals surface area contributed by atoms with E-state index in [-0.39, 0.29) is 0 Å². The summed E-state index contributed by atoms with van der Waals surface area (Å²) in [5.41, 5.74) is 6.51. The predicted octanol–water partition coefficient (Wildman–Crippen LogP) is 5.62. The summed E-state index contributed by atoms with van der Waals surface area (Å²) >= 11 is 3.70. The molecule has 0 aliphatic carbocycles. The van der Waals surface area contributed by atoms with E-state index in [1.54, 1.807) is 0 Å². The maximum Gasteiger partial charge on any atom is 0.141 e. The van der Waals surface area contributed by atoms with E-state index in [4.69, 9.17) is 9.51 Å². The smallest absolute Gasteiger partial charge is 0.141 e. The summed E-state index contributed by atoms with van der Waals surface area (Å²) in [6.07, 6.45) is 0.973. The first-order chi connectivity index (χ1) is 12.5. The average molecular weight is 410 g/mol. The van der Waals surface area contributed by atoms with Gasteiger partial charge in [0.2, 0.25) is 0 Å². The molecule has 2 heterocycles. The first kappa shape index (κ1) is 17.0. The molecule has 0 radical (unpaired) electrons. The van der Waals surface area contributed by atoms with Gasteiger partial charge in [0.05, 0.1) is 11.2 Å². The minimum atomic E-state index is 0.834. The highest BCUT2D eigenvalue weighted by molar-refractivity contribution is 9.10. The second-order valence-electron chi connectivity index (χ2n) is 6.57. The standard InChI is InChI=1S/C21H20BrN3O/c1-13-20(14(2)26-24-13)17-11-18(22)21-19(12-17)25(15(3)23-21)10-9-16-7-5-4-6-8-16/h4-8,11-12H,9-10H2,1-3H3. The number of fused-ring (bicyclic) bond motifs is 1.